The van der Waals surface area contributed by atoms with Gasteiger partial charge in [0.1, 0.15) is 0 Å². The maximum absolute atomic E-state index is 13.5. The quantitative estimate of drug-likeness (QED) is 0.893. The second kappa shape index (κ2) is 5.98. The molecule has 18 heavy (non-hydrogen) atoms. The molecular weight excluding hydrogens is 249 g/mol. The second-order valence-corrected chi connectivity index (χ2v) is 4.90. The molecule has 0 spiro atoms. The van der Waals surface area contributed by atoms with Crippen LogP contribution in [0, 0.1) is 12.7 Å². The molecule has 0 atom stereocenters. The molecule has 1 aromatic heterocycles. The second-order valence-electron chi connectivity index (χ2n) is 4.15. The van der Waals surface area contributed by atoms with Crippen LogP contribution in [0.5, 0.6) is 5.75 Å². The summed E-state index contributed by atoms with van der Waals surface area (Å²) in [6.07, 6.45) is 0. The van der Waals surface area contributed by atoms with Gasteiger partial charge in [-0.2, -0.15) is 11.3 Å². The van der Waals surface area contributed by atoms with Gasteiger partial charge < -0.3 is 10.1 Å². The number of ether oxygens (including phenoxy) is 1. The minimum atomic E-state index is -0.316. The fraction of sp³-hybridized carbons (Fsp3) is 0.286. The van der Waals surface area contributed by atoms with Crippen molar-refractivity contribution in [2.24, 2.45) is 0 Å². The van der Waals surface area contributed by atoms with Gasteiger partial charge in [-0.15, -0.1) is 0 Å². The fourth-order valence-corrected chi connectivity index (χ4v) is 2.59. The molecular formula is C14H16FNOS. The number of halogens is 1. The smallest absolute Gasteiger partial charge is 0.165 e. The summed E-state index contributed by atoms with van der Waals surface area (Å²) >= 11 is 1.70. The lowest BCUT2D eigenvalue weighted by Crippen LogP contribution is -2.13. The molecule has 0 aliphatic heterocycles. The molecule has 1 heterocycles. The van der Waals surface area contributed by atoms with Gasteiger partial charge in [0.25, 0.3) is 0 Å². The van der Waals surface area contributed by atoms with Crippen molar-refractivity contribution in [1.82, 2.24) is 5.32 Å². The maximum atomic E-state index is 13.5. The lowest BCUT2D eigenvalue weighted by molar-refractivity contribution is 0.386. The SMILES string of the molecule is COc1ccc(CNCc2cscc2C)cc1F. The number of aryl methyl sites for hydroxylation is 1. The molecule has 0 saturated heterocycles. The van der Waals surface area contributed by atoms with E-state index in [1.165, 1.54) is 24.3 Å². The van der Waals surface area contributed by atoms with Gasteiger partial charge in [0.05, 0.1) is 7.11 Å². The molecule has 0 fully saturated rings. The Bertz CT molecular complexity index is 524. The highest BCUT2D eigenvalue weighted by Gasteiger charge is 2.03. The van der Waals surface area contributed by atoms with Gasteiger partial charge >= 0.3 is 0 Å². The number of nitrogens with one attached hydrogen (secondary N) is 1. The molecule has 2 rings (SSSR count). The van der Waals surface area contributed by atoms with Gasteiger partial charge in [-0.1, -0.05) is 6.07 Å². The molecule has 0 aliphatic rings. The van der Waals surface area contributed by atoms with Crippen LogP contribution in [0.1, 0.15) is 16.7 Å². The van der Waals surface area contributed by atoms with Crippen molar-refractivity contribution in [3.8, 4) is 5.75 Å². The standard InChI is InChI=1S/C14H16FNOS/c1-10-8-18-9-12(10)7-16-6-11-3-4-14(17-2)13(15)5-11/h3-5,8-9,16H,6-7H2,1-2H3. The molecule has 1 N–H and O–H groups in total. The minimum absolute atomic E-state index is 0.285. The number of rotatable bonds is 5. The zero-order valence-corrected chi connectivity index (χ0v) is 11.3. The molecule has 0 radical (unpaired) electrons. The van der Waals surface area contributed by atoms with Crippen LogP contribution in [0.3, 0.4) is 0 Å². The molecule has 1 aromatic carbocycles. The Hall–Kier alpha value is -1.39. The van der Waals surface area contributed by atoms with Crippen LogP contribution < -0.4 is 10.1 Å². The molecule has 0 aliphatic carbocycles. The van der Waals surface area contributed by atoms with Gasteiger partial charge in [0.15, 0.2) is 11.6 Å². The number of hydrogen-bond acceptors (Lipinski definition) is 3. The number of thiophene rings is 1. The van der Waals surface area contributed by atoms with Crippen molar-refractivity contribution in [2.75, 3.05) is 7.11 Å². The average molecular weight is 265 g/mol. The van der Waals surface area contributed by atoms with Gasteiger partial charge in [-0.05, 0) is 46.5 Å². The average Bonchev–Trinajstić information content (AvgIpc) is 2.75. The maximum Gasteiger partial charge on any atom is 0.165 e. The van der Waals surface area contributed by atoms with Crippen LogP contribution in [0.15, 0.2) is 29.0 Å². The van der Waals surface area contributed by atoms with E-state index in [1.807, 2.05) is 6.07 Å². The van der Waals surface area contributed by atoms with E-state index in [-0.39, 0.29) is 11.6 Å². The summed E-state index contributed by atoms with van der Waals surface area (Å²) in [4.78, 5) is 0. The topological polar surface area (TPSA) is 21.3 Å². The Morgan fingerprint density at radius 3 is 2.72 bits per heavy atom. The molecule has 4 heteroatoms. The van der Waals surface area contributed by atoms with Gasteiger partial charge in [-0.3, -0.25) is 0 Å². The van der Waals surface area contributed by atoms with Gasteiger partial charge in [-0.25, -0.2) is 4.39 Å². The Balaban J connectivity index is 1.91. The van der Waals surface area contributed by atoms with E-state index < -0.39 is 0 Å². The van der Waals surface area contributed by atoms with Crippen LogP contribution in [0.4, 0.5) is 4.39 Å². The highest BCUT2D eigenvalue weighted by molar-refractivity contribution is 7.08. The molecule has 0 unspecified atom stereocenters. The van der Waals surface area contributed by atoms with Crippen LogP contribution in [-0.4, -0.2) is 7.11 Å². The summed E-state index contributed by atoms with van der Waals surface area (Å²) < 4.78 is 18.3. The third-order valence-electron chi connectivity index (χ3n) is 2.82. The molecule has 2 aromatic rings. The summed E-state index contributed by atoms with van der Waals surface area (Å²) in [5, 5.41) is 7.57. The van der Waals surface area contributed by atoms with Crippen molar-refractivity contribution < 1.29 is 9.13 Å². The van der Waals surface area contributed by atoms with Crippen molar-refractivity contribution in [2.45, 2.75) is 20.0 Å². The van der Waals surface area contributed by atoms with Gasteiger partial charge in [0, 0.05) is 13.1 Å². The number of benzene rings is 1. The zero-order chi connectivity index (χ0) is 13.0. The van der Waals surface area contributed by atoms with E-state index in [1.54, 1.807) is 17.4 Å². The first-order valence-corrected chi connectivity index (χ1v) is 6.70. The van der Waals surface area contributed by atoms with Crippen LogP contribution in [0.25, 0.3) is 0 Å². The molecule has 0 saturated carbocycles. The van der Waals surface area contributed by atoms with Crippen molar-refractivity contribution in [3.63, 3.8) is 0 Å². The summed E-state index contributed by atoms with van der Waals surface area (Å²) in [6, 6.07) is 5.03. The Morgan fingerprint density at radius 2 is 2.11 bits per heavy atom. The van der Waals surface area contributed by atoms with Crippen molar-refractivity contribution in [1.29, 1.82) is 0 Å². The first-order chi connectivity index (χ1) is 8.70. The van der Waals surface area contributed by atoms with E-state index in [2.05, 4.69) is 23.0 Å². The molecule has 0 bridgehead atoms. The Labute approximate surface area is 110 Å². The van der Waals surface area contributed by atoms with Crippen molar-refractivity contribution in [3.05, 3.63) is 51.5 Å². The van der Waals surface area contributed by atoms with E-state index in [0.29, 0.717) is 6.54 Å². The summed E-state index contributed by atoms with van der Waals surface area (Å²) in [5.74, 6) is -0.0315. The first-order valence-electron chi connectivity index (χ1n) is 5.75. The van der Waals surface area contributed by atoms with Crippen LogP contribution in [0.2, 0.25) is 0 Å². The van der Waals surface area contributed by atoms with Crippen LogP contribution in [-0.2, 0) is 13.1 Å². The lowest BCUT2D eigenvalue weighted by atomic mass is 10.2. The normalized spacial score (nSPS) is 10.6. The minimum Gasteiger partial charge on any atom is -0.494 e. The molecule has 2 nitrogen and oxygen atoms in total. The highest BCUT2D eigenvalue weighted by Crippen LogP contribution is 2.18. The first kappa shape index (κ1) is 13.1. The predicted molar refractivity (Wildman–Crippen MR) is 72.6 cm³/mol. The van der Waals surface area contributed by atoms with E-state index in [9.17, 15) is 4.39 Å². The largest absolute Gasteiger partial charge is 0.494 e. The summed E-state index contributed by atoms with van der Waals surface area (Å²) in [6.45, 7) is 3.56. The third kappa shape index (κ3) is 3.09. The van der Waals surface area contributed by atoms with Crippen LogP contribution >= 0.6 is 11.3 Å². The summed E-state index contributed by atoms with van der Waals surface area (Å²) in [7, 11) is 1.47. The van der Waals surface area contributed by atoms with E-state index in [0.717, 1.165) is 12.1 Å². The molecule has 96 valence electrons. The fourth-order valence-electron chi connectivity index (χ4n) is 1.73. The zero-order valence-electron chi connectivity index (χ0n) is 10.5. The lowest BCUT2D eigenvalue weighted by Gasteiger charge is -2.07. The summed E-state index contributed by atoms with van der Waals surface area (Å²) in [5.41, 5.74) is 3.52. The predicted octanol–water partition coefficient (Wildman–Crippen LogP) is 3.49. The monoisotopic (exact) mass is 265 g/mol. The Kier molecular flexibility index (Phi) is 4.33. The van der Waals surface area contributed by atoms with E-state index >= 15 is 0 Å². The van der Waals surface area contributed by atoms with E-state index in [4.69, 9.17) is 4.74 Å². The number of methoxy groups -OCH3 is 1. The highest BCUT2D eigenvalue weighted by atomic mass is 32.1. The van der Waals surface area contributed by atoms with Gasteiger partial charge in [0.2, 0.25) is 0 Å². The Morgan fingerprint density at radius 1 is 1.28 bits per heavy atom. The third-order valence-corrected chi connectivity index (χ3v) is 3.73. The number of hydrogen-bond donors (Lipinski definition) is 1. The molecule has 0 amide bonds. The van der Waals surface area contributed by atoms with Crippen molar-refractivity contribution >= 4 is 11.3 Å².